The van der Waals surface area contributed by atoms with Crippen molar-refractivity contribution in [2.24, 2.45) is 11.8 Å². The van der Waals surface area contributed by atoms with Crippen LogP contribution in [0.5, 0.6) is 5.75 Å². The van der Waals surface area contributed by atoms with Crippen LogP contribution in [-0.2, 0) is 6.18 Å². The minimum absolute atomic E-state index is 0.0771. The molecule has 0 spiro atoms. The van der Waals surface area contributed by atoms with Gasteiger partial charge in [0.15, 0.2) is 0 Å². The number of hydrogen-bond donors (Lipinski definition) is 1. The first kappa shape index (κ1) is 16.0. The van der Waals surface area contributed by atoms with Crippen LogP contribution in [0.3, 0.4) is 0 Å². The molecule has 2 nitrogen and oxygen atoms in total. The van der Waals surface area contributed by atoms with Crippen LogP contribution in [0.4, 0.5) is 18.9 Å². The Kier molecular flexibility index (Phi) is 4.69. The molecule has 1 aromatic carbocycles. The van der Waals surface area contributed by atoms with E-state index in [9.17, 15) is 13.2 Å². The molecule has 1 N–H and O–H groups in total. The molecule has 0 saturated heterocycles. The molecular weight excluding hydrogens is 279 g/mol. The van der Waals surface area contributed by atoms with Gasteiger partial charge in [-0.2, -0.15) is 13.2 Å². The fourth-order valence-electron chi connectivity index (χ4n) is 3.16. The Morgan fingerprint density at radius 2 is 1.76 bits per heavy atom. The van der Waals surface area contributed by atoms with Crippen LogP contribution in [0.25, 0.3) is 0 Å². The second kappa shape index (κ2) is 6.16. The van der Waals surface area contributed by atoms with Gasteiger partial charge in [-0.1, -0.05) is 20.3 Å². The number of rotatable bonds is 3. The summed E-state index contributed by atoms with van der Waals surface area (Å²) in [6.07, 6.45) is -1.13. The quantitative estimate of drug-likeness (QED) is 0.853. The molecule has 21 heavy (non-hydrogen) atoms. The lowest BCUT2D eigenvalue weighted by molar-refractivity contribution is -0.137. The summed E-state index contributed by atoms with van der Waals surface area (Å²) in [5.74, 6) is 0.964. The van der Waals surface area contributed by atoms with E-state index < -0.39 is 11.7 Å². The van der Waals surface area contributed by atoms with E-state index in [0.717, 1.165) is 25.3 Å². The molecule has 118 valence electrons. The van der Waals surface area contributed by atoms with E-state index >= 15 is 0 Å². The number of ether oxygens (including phenoxy) is 1. The predicted octanol–water partition coefficient (Wildman–Crippen LogP) is 4.95. The van der Waals surface area contributed by atoms with Crippen molar-refractivity contribution in [3.8, 4) is 5.75 Å². The Bertz CT molecular complexity index is 477. The number of benzene rings is 1. The third-order valence-electron chi connectivity index (χ3n) is 4.40. The Labute approximate surface area is 123 Å². The van der Waals surface area contributed by atoms with E-state index in [1.165, 1.54) is 13.2 Å². The molecule has 0 bridgehead atoms. The molecule has 0 amide bonds. The van der Waals surface area contributed by atoms with E-state index in [2.05, 4.69) is 19.2 Å². The van der Waals surface area contributed by atoms with E-state index in [-0.39, 0.29) is 17.5 Å². The highest BCUT2D eigenvalue weighted by molar-refractivity contribution is 5.56. The summed E-state index contributed by atoms with van der Waals surface area (Å²) < 4.78 is 44.6. The maximum absolute atomic E-state index is 13.2. The summed E-state index contributed by atoms with van der Waals surface area (Å²) >= 11 is 0. The van der Waals surface area contributed by atoms with Crippen LogP contribution in [0, 0.1) is 11.8 Å². The third-order valence-corrected chi connectivity index (χ3v) is 4.40. The third kappa shape index (κ3) is 3.63. The zero-order valence-electron chi connectivity index (χ0n) is 12.6. The highest BCUT2D eigenvalue weighted by atomic mass is 19.4. The van der Waals surface area contributed by atoms with Gasteiger partial charge in [-0.05, 0) is 42.9 Å². The van der Waals surface area contributed by atoms with Gasteiger partial charge in [0.25, 0.3) is 0 Å². The predicted molar refractivity (Wildman–Crippen MR) is 77.6 cm³/mol. The second-order valence-electron chi connectivity index (χ2n) is 5.96. The normalized spacial score (nSPS) is 26.5. The number of hydrogen-bond acceptors (Lipinski definition) is 2. The Hall–Kier alpha value is -1.39. The van der Waals surface area contributed by atoms with Gasteiger partial charge in [-0.25, -0.2) is 0 Å². The first-order valence-corrected chi connectivity index (χ1v) is 7.34. The van der Waals surface area contributed by atoms with Crippen LogP contribution in [0.15, 0.2) is 18.2 Å². The number of anilines is 1. The zero-order valence-corrected chi connectivity index (χ0v) is 12.6. The highest BCUT2D eigenvalue weighted by Crippen LogP contribution is 2.39. The van der Waals surface area contributed by atoms with Gasteiger partial charge in [-0.15, -0.1) is 0 Å². The molecule has 2 atom stereocenters. The summed E-state index contributed by atoms with van der Waals surface area (Å²) in [6, 6.07) is 4.17. The molecule has 2 rings (SSSR count). The lowest BCUT2D eigenvalue weighted by atomic mass is 9.78. The average Bonchev–Trinajstić information content (AvgIpc) is 2.42. The van der Waals surface area contributed by atoms with E-state index in [1.54, 1.807) is 6.07 Å². The van der Waals surface area contributed by atoms with Crippen LogP contribution < -0.4 is 10.1 Å². The molecule has 1 fully saturated rings. The summed E-state index contributed by atoms with van der Waals surface area (Å²) in [6.45, 7) is 4.20. The van der Waals surface area contributed by atoms with Crippen molar-refractivity contribution in [2.45, 2.75) is 45.3 Å². The number of halogens is 3. The number of alkyl halides is 3. The van der Waals surface area contributed by atoms with Crippen molar-refractivity contribution in [1.82, 2.24) is 0 Å². The molecular formula is C16H22F3NO. The van der Waals surface area contributed by atoms with Gasteiger partial charge < -0.3 is 10.1 Å². The summed E-state index contributed by atoms with van der Waals surface area (Å²) in [5, 5.41) is 3.13. The fraction of sp³-hybridized carbons (Fsp3) is 0.625. The van der Waals surface area contributed by atoms with Gasteiger partial charge in [-0.3, -0.25) is 0 Å². The molecule has 1 aliphatic carbocycles. The van der Waals surface area contributed by atoms with Crippen molar-refractivity contribution in [1.29, 1.82) is 0 Å². The Morgan fingerprint density at radius 3 is 2.29 bits per heavy atom. The van der Waals surface area contributed by atoms with Gasteiger partial charge in [0.05, 0.1) is 12.7 Å². The van der Waals surface area contributed by atoms with Crippen LogP contribution in [0.1, 0.15) is 38.7 Å². The van der Waals surface area contributed by atoms with Crippen molar-refractivity contribution >= 4 is 5.69 Å². The van der Waals surface area contributed by atoms with E-state index in [1.807, 2.05) is 0 Å². The Morgan fingerprint density at radius 1 is 1.14 bits per heavy atom. The summed E-state index contributed by atoms with van der Waals surface area (Å²) in [7, 11) is 1.37. The largest absolute Gasteiger partial charge is 0.497 e. The summed E-state index contributed by atoms with van der Waals surface area (Å²) in [5.41, 5.74) is -0.513. The fourth-order valence-corrected chi connectivity index (χ4v) is 3.16. The number of nitrogens with one attached hydrogen (secondary N) is 1. The highest BCUT2D eigenvalue weighted by Gasteiger charge is 2.36. The van der Waals surface area contributed by atoms with Gasteiger partial charge >= 0.3 is 6.18 Å². The molecule has 0 aromatic heterocycles. The maximum atomic E-state index is 13.2. The van der Waals surface area contributed by atoms with Crippen molar-refractivity contribution in [3.63, 3.8) is 0 Å². The molecule has 1 aromatic rings. The lowest BCUT2D eigenvalue weighted by Gasteiger charge is -2.36. The minimum Gasteiger partial charge on any atom is -0.497 e. The van der Waals surface area contributed by atoms with E-state index in [4.69, 9.17) is 4.74 Å². The zero-order chi connectivity index (χ0) is 15.6. The molecule has 1 aliphatic rings. The lowest BCUT2D eigenvalue weighted by Crippen LogP contribution is -2.37. The molecule has 1 saturated carbocycles. The van der Waals surface area contributed by atoms with Crippen LogP contribution >= 0.6 is 0 Å². The number of methoxy groups -OCH3 is 1. The maximum Gasteiger partial charge on any atom is 0.418 e. The first-order valence-electron chi connectivity index (χ1n) is 7.34. The van der Waals surface area contributed by atoms with Crippen LogP contribution in [-0.4, -0.2) is 13.2 Å². The smallest absolute Gasteiger partial charge is 0.418 e. The van der Waals surface area contributed by atoms with Crippen molar-refractivity contribution < 1.29 is 17.9 Å². The topological polar surface area (TPSA) is 21.3 Å². The van der Waals surface area contributed by atoms with Crippen molar-refractivity contribution in [3.05, 3.63) is 23.8 Å². The molecule has 5 heteroatoms. The van der Waals surface area contributed by atoms with E-state index in [0.29, 0.717) is 11.8 Å². The van der Waals surface area contributed by atoms with Crippen LogP contribution in [0.2, 0.25) is 0 Å². The molecule has 2 unspecified atom stereocenters. The second-order valence-corrected chi connectivity index (χ2v) is 5.96. The van der Waals surface area contributed by atoms with Crippen molar-refractivity contribution in [2.75, 3.05) is 12.4 Å². The monoisotopic (exact) mass is 301 g/mol. The van der Waals surface area contributed by atoms with Gasteiger partial charge in [0.1, 0.15) is 5.75 Å². The first-order chi connectivity index (χ1) is 9.82. The average molecular weight is 301 g/mol. The Balaban J connectivity index is 2.30. The molecule has 0 heterocycles. The van der Waals surface area contributed by atoms with Gasteiger partial charge in [0, 0.05) is 11.7 Å². The standard InChI is InChI=1S/C16H22F3NO/c1-10-5-4-6-11(2)15(10)20-14-8-7-12(21-3)9-13(14)16(17,18)19/h7-11,15,20H,4-6H2,1-3H3. The molecule has 0 radical (unpaired) electrons. The molecule has 0 aliphatic heterocycles. The van der Waals surface area contributed by atoms with Gasteiger partial charge in [0.2, 0.25) is 0 Å². The SMILES string of the molecule is COc1ccc(NC2C(C)CCCC2C)c(C(F)(F)F)c1. The minimum atomic E-state index is -4.39. The summed E-state index contributed by atoms with van der Waals surface area (Å²) in [4.78, 5) is 0.